The first-order valence-electron chi connectivity index (χ1n) is 50.7. The highest BCUT2D eigenvalue weighted by Crippen LogP contribution is 2.67. The number of aliphatic hydroxyl groups excluding tert-OH is 7. The molecule has 0 aromatic heterocycles. The van der Waals surface area contributed by atoms with E-state index in [4.69, 9.17) is 186 Å². The number of ketones is 1. The molecule has 0 aromatic rings. The van der Waals surface area contributed by atoms with E-state index in [1.54, 1.807) is 6.07 Å². The first kappa shape index (κ1) is 137. The van der Waals surface area contributed by atoms with Crippen LogP contribution in [0.15, 0.2) is 0 Å². The maximum absolute atomic E-state index is 12.5. The normalized spacial score (nSPS) is 35.9. The van der Waals surface area contributed by atoms with Gasteiger partial charge in [-0.3, -0.25) is 9.32 Å². The number of phosphoric ester groups is 1. The van der Waals surface area contributed by atoms with Crippen LogP contribution in [0.2, 0.25) is 88.7 Å². The van der Waals surface area contributed by atoms with Gasteiger partial charge >= 0.3 is 92.0 Å². The molecule has 0 aromatic carbocycles. The second-order valence-corrected chi connectivity index (χ2v) is 83.8. The molecule has 11 rings (SSSR count). The van der Waals surface area contributed by atoms with Crippen LogP contribution in [-0.2, 0) is 117 Å². The highest BCUT2D eigenvalue weighted by atomic mass is 31.3. The van der Waals surface area contributed by atoms with E-state index in [0.717, 1.165) is 0 Å². The minimum atomic E-state index is -5.62. The third-order valence-electron chi connectivity index (χ3n) is 28.9. The van der Waals surface area contributed by atoms with Gasteiger partial charge in [-0.05, 0) is 88.7 Å². The van der Waals surface area contributed by atoms with Crippen LogP contribution >= 0.6 is 23.5 Å². The molecular formula is C87H164B7N4O38P3Si8. The molecule has 147 heavy (non-hydrogen) atoms. The van der Waals surface area contributed by atoms with E-state index in [2.05, 4.69) is 241 Å². The summed E-state index contributed by atoms with van der Waals surface area (Å²) in [4.78, 5) is 47.3. The number of phosphoric acid groups is 3. The topological polar surface area (TPSA) is 609 Å². The number of hydrogen-bond acceptors (Lipinski definition) is 38. The molecular weight excluding hydrogens is 2100 g/mol. The fraction of sp³-hybridized carbons (Fsp3) is 0.943. The second kappa shape index (κ2) is 55.5. The van der Waals surface area contributed by atoms with Crippen LogP contribution < -0.4 is 0 Å². The van der Waals surface area contributed by atoms with Crippen LogP contribution in [0.1, 0.15) is 222 Å². The Morgan fingerprint density at radius 2 is 0.653 bits per heavy atom. The van der Waals surface area contributed by atoms with Crippen molar-refractivity contribution in [2.45, 2.75) is 456 Å². The van der Waals surface area contributed by atoms with E-state index < -0.39 is 249 Å². The number of Topliss-reactive ketones (excluding diaryl/α,β-unsaturated/α-hetero) is 1. The van der Waals surface area contributed by atoms with Crippen molar-refractivity contribution in [1.29, 1.82) is 21.0 Å². The summed E-state index contributed by atoms with van der Waals surface area (Å²) in [6.07, 6.45) is -12.4. The lowest BCUT2D eigenvalue weighted by Crippen LogP contribution is -2.67. The molecule has 0 amide bonds. The Labute approximate surface area is 889 Å². The minimum Gasteiger partial charge on any atom is -0.414 e. The quantitative estimate of drug-likeness (QED) is 0.0232. The Hall–Kier alpha value is -0.850. The van der Waals surface area contributed by atoms with Gasteiger partial charge in [0.1, 0.15) is 128 Å². The average molecular weight is 2270 g/mol. The second-order valence-electron chi connectivity index (χ2n) is 44.0. The number of hydrogen-bond donors (Lipinski definition) is 12. The van der Waals surface area contributed by atoms with Crippen molar-refractivity contribution in [2.75, 3.05) is 46.2 Å². The Bertz CT molecular complexity index is 4410. The van der Waals surface area contributed by atoms with Gasteiger partial charge in [-0.25, -0.2) is 13.7 Å². The number of carbonyl (C=O) groups is 1. The van der Waals surface area contributed by atoms with Gasteiger partial charge in [-0.15, -0.1) is 0 Å². The van der Waals surface area contributed by atoms with Gasteiger partial charge in [0.05, 0.1) is 125 Å². The molecule has 0 bridgehead atoms. The van der Waals surface area contributed by atoms with Crippen LogP contribution in [0, 0.1) is 63.1 Å². The molecule has 11 fully saturated rings. The Kier molecular flexibility index (Phi) is 51.6. The van der Waals surface area contributed by atoms with Crippen molar-refractivity contribution in [3.8, 4) is 24.3 Å². The molecule has 12 N–H and O–H groups in total. The fourth-order valence-electron chi connectivity index (χ4n) is 20.5. The number of nitriles is 4. The molecule has 11 aliphatic heterocycles. The molecule has 11 heterocycles. The van der Waals surface area contributed by atoms with Gasteiger partial charge in [-0.2, -0.15) is 29.7 Å². The van der Waals surface area contributed by atoms with Gasteiger partial charge in [0.25, 0.3) is 0 Å². The molecule has 42 nitrogen and oxygen atoms in total. The standard InChI is InChI=1S/C18H34BNO5Si2.C18H34BNO4Si2.C17H35BO5Si2.C17H33BO5Si2.C6H11BNO12P3.C6H8BNO3.C5H9BO4/c1-11(2)26(12(3)4)22-9-15-16(18(21,10-20)17(19)23-15)24-27(25-26,13(5)6)14(7)8;1-11(2)25(12(3)4)21-10-16-17(15(9-20)18(19)22-16)23-26(24-25,13(5)6)14(7)8;2*1-10(2)24(11(3)4)20-9-14-16(15(19)17(18)21-14)22-25(23-24,12(5)6)13(7)8;7-6-3(1-8)5(9)4(18-6)2-17-22(13,14)20-23(15,16)19-21(10,11)12;7-6-3(1-8)5(10)4(2-9)11-6;6-5-4(9)3(8)2(1-7)10-5/h11-17,21H,9H2,1-8H3;11-18H,10H2,1-8H3;10-17,19H,9H2,1-8H3;10-14,16-17H,9H2,1-8H3;3-6,9H,2H2,(H,13,14)(H,15,16)(H2,10,11,12);3-6,9-10H,2H2;2-5,7-9H,1H2/t15-,16+,17-,18?;15?,16-,17-,18-;14-,15?,16+,17-;14-,16+,17-;2*3?,4-,5-,6-;2-,3+,4?,5-/m1111111/s1. The van der Waals surface area contributed by atoms with Crippen LogP contribution in [-0.4, -0.2) is 381 Å². The van der Waals surface area contributed by atoms with E-state index in [9.17, 15) is 54.3 Å². The fourth-order valence-corrected chi connectivity index (χ4v) is 68.4. The lowest BCUT2D eigenvalue weighted by molar-refractivity contribution is -0.125. The highest BCUT2D eigenvalue weighted by Gasteiger charge is 2.69. The van der Waals surface area contributed by atoms with Crippen molar-refractivity contribution in [1.82, 2.24) is 0 Å². The summed E-state index contributed by atoms with van der Waals surface area (Å²) in [5.74, 6) is -2.56. The van der Waals surface area contributed by atoms with Gasteiger partial charge in [-0.1, -0.05) is 222 Å². The summed E-state index contributed by atoms with van der Waals surface area (Å²) < 4.78 is 163. The highest BCUT2D eigenvalue weighted by molar-refractivity contribution is 7.66. The molecule has 14 radical (unpaired) electrons. The number of fused-ring (bicyclic) bond motifs is 4. The number of rotatable bonds is 25. The molecule has 60 heteroatoms. The van der Waals surface area contributed by atoms with E-state index in [1.165, 1.54) is 0 Å². The predicted molar refractivity (Wildman–Crippen MR) is 563 cm³/mol. The van der Waals surface area contributed by atoms with Crippen LogP contribution in [0.5, 0.6) is 0 Å². The van der Waals surface area contributed by atoms with Crippen LogP contribution in [0.25, 0.3) is 0 Å². The first-order chi connectivity index (χ1) is 67.5. The number of nitrogens with zero attached hydrogens (tertiary/aromatic N) is 4. The zero-order valence-electron chi connectivity index (χ0n) is 91.4. The summed E-state index contributed by atoms with van der Waals surface area (Å²) in [7, 11) is 1.87. The monoisotopic (exact) mass is 2270 g/mol. The molecule has 828 valence electrons. The van der Waals surface area contributed by atoms with Crippen molar-refractivity contribution in [2.24, 2.45) is 17.8 Å². The molecule has 0 spiro atoms. The maximum atomic E-state index is 12.5. The Morgan fingerprint density at radius 1 is 0.354 bits per heavy atom. The number of carbonyl (C=O) groups excluding carboxylic acids is 1. The molecule has 8 unspecified atom stereocenters. The van der Waals surface area contributed by atoms with Crippen molar-refractivity contribution < 1.29 is 177 Å². The molecule has 11 saturated heterocycles. The van der Waals surface area contributed by atoms with Gasteiger partial charge < -0.3 is 145 Å². The van der Waals surface area contributed by atoms with Gasteiger partial charge in [0.2, 0.25) is 0 Å². The lowest BCUT2D eigenvalue weighted by Gasteiger charge is -2.51. The third kappa shape index (κ3) is 30.9. The van der Waals surface area contributed by atoms with Crippen molar-refractivity contribution >= 4 is 153 Å². The molecule has 29 atom stereocenters. The SMILES string of the molecule is [B][C@@H]1O[C@@H]2CO[Si](C(C)C)(C(C)C)O[Si](C(C)C)(C(C)C)O[C@@H]2C1(O)C#N.[B][C@@H]1O[C@@H]2CO[Si](C(C)C)(C(C)C)O[Si](C(C)C)(C(C)C)O[C@@H]2C1=O.[B][C@@H]1O[C@@H]2CO[Si](C(C)C)(C(C)C)O[Si](C(C)C)(C(C)C)O[C@@H]2C1C#N.[B][C@@H]1O[C@@H]2CO[Si](C(C)C)(C(C)C)O[Si](C(C)C)(C(C)C)O[C@@H]2C1O.[B][C@@H]1O[C@H](CO)[C@H](O)C1C#N.[B][C@@H]1O[C@H](CO)[C@H](O)C1O.[B][C@@H]1O[C@H](COP(=O)(O)OP(=O)(O)OP(=O)(O)O)[C@H](O)C1C#N. The zero-order valence-corrected chi connectivity index (χ0v) is 102. The Balaban J connectivity index is 0.000000308. The summed E-state index contributed by atoms with van der Waals surface area (Å²) >= 11 is 0. The number of aliphatic hydroxyl groups is 8. The molecule has 0 aliphatic carbocycles. The summed E-state index contributed by atoms with van der Waals surface area (Å²) in [6.45, 7) is 68.5. The molecule has 11 aliphatic rings. The first-order valence-corrected chi connectivity index (χ1v) is 71.0. The van der Waals surface area contributed by atoms with E-state index in [-0.39, 0.29) is 126 Å². The smallest absolute Gasteiger partial charge is 0.414 e. The van der Waals surface area contributed by atoms with E-state index in [1.807, 2.05) is 12.1 Å². The summed E-state index contributed by atoms with van der Waals surface area (Å²) in [5.41, 5.74) is 1.67. The van der Waals surface area contributed by atoms with Gasteiger partial charge in [0.15, 0.2) is 11.4 Å². The lowest BCUT2D eigenvalue weighted by atomic mass is 9.81. The number of ether oxygens (including phenoxy) is 7. The predicted octanol–water partition coefficient (Wildman–Crippen LogP) is 8.36. The van der Waals surface area contributed by atoms with Crippen molar-refractivity contribution in [3.05, 3.63) is 0 Å². The third-order valence-corrected chi connectivity index (χ3v) is 73.7. The molecule has 0 saturated carbocycles. The van der Waals surface area contributed by atoms with E-state index in [0.29, 0.717) is 19.8 Å². The maximum Gasteiger partial charge on any atom is 0.490 e. The van der Waals surface area contributed by atoms with Gasteiger partial charge in [0, 0.05) is 30.0 Å². The Morgan fingerprint density at radius 3 is 0.973 bits per heavy atom. The van der Waals surface area contributed by atoms with Crippen LogP contribution in [0.3, 0.4) is 0 Å². The average Bonchev–Trinajstić information content (AvgIpc) is 1.68. The summed E-state index contributed by atoms with van der Waals surface area (Å²) in [6, 6.07) is 1.36. The van der Waals surface area contributed by atoms with E-state index >= 15 is 0 Å². The zero-order chi connectivity index (χ0) is 113. The minimum absolute atomic E-state index is 0.101. The summed E-state index contributed by atoms with van der Waals surface area (Å²) in [5, 5.41) is 112. The van der Waals surface area contributed by atoms with Crippen LogP contribution in [0.4, 0.5) is 0 Å². The largest absolute Gasteiger partial charge is 0.490 e. The van der Waals surface area contributed by atoms with Crippen molar-refractivity contribution in [3.63, 3.8) is 0 Å².